The van der Waals surface area contributed by atoms with Gasteiger partial charge < -0.3 is 9.64 Å². The molecule has 0 radical (unpaired) electrons. The first kappa shape index (κ1) is 13.3. The van der Waals surface area contributed by atoms with Gasteiger partial charge in [-0.2, -0.15) is 0 Å². The van der Waals surface area contributed by atoms with Crippen LogP contribution < -0.4 is 4.74 Å². The predicted molar refractivity (Wildman–Crippen MR) is 70.4 cm³/mol. The third-order valence-electron chi connectivity index (χ3n) is 2.98. The van der Waals surface area contributed by atoms with Crippen molar-refractivity contribution in [3.05, 3.63) is 16.5 Å². The molecule has 0 N–H and O–H groups in total. The smallest absolute Gasteiger partial charge is 0.236 e. The molecule has 1 amide bonds. The summed E-state index contributed by atoms with van der Waals surface area (Å²) in [7, 11) is 0. The Labute approximate surface area is 115 Å². The molecule has 18 heavy (non-hydrogen) atoms. The molecular weight excluding hydrogens is 298 g/mol. The maximum absolute atomic E-state index is 11.2. The largest absolute Gasteiger partial charge is 0.471 e. The van der Waals surface area contributed by atoms with E-state index in [4.69, 9.17) is 4.74 Å². The first-order chi connectivity index (χ1) is 8.60. The normalized spacial score (nSPS) is 19.1. The van der Waals surface area contributed by atoms with Gasteiger partial charge in [0.1, 0.15) is 16.4 Å². The van der Waals surface area contributed by atoms with E-state index in [2.05, 4.69) is 25.9 Å². The van der Waals surface area contributed by atoms with E-state index in [-0.39, 0.29) is 12.0 Å². The van der Waals surface area contributed by atoms with Crippen molar-refractivity contribution in [1.82, 2.24) is 14.9 Å². The lowest BCUT2D eigenvalue weighted by Gasteiger charge is -2.16. The molecule has 1 saturated heterocycles. The van der Waals surface area contributed by atoms with Crippen molar-refractivity contribution in [2.75, 3.05) is 13.1 Å². The van der Waals surface area contributed by atoms with Gasteiger partial charge in [-0.3, -0.25) is 4.79 Å². The molecule has 0 spiro atoms. The van der Waals surface area contributed by atoms with Crippen LogP contribution in [0.1, 0.15) is 26.0 Å². The zero-order chi connectivity index (χ0) is 13.1. The molecule has 1 aliphatic heterocycles. The van der Waals surface area contributed by atoms with E-state index in [1.165, 1.54) is 0 Å². The summed E-state index contributed by atoms with van der Waals surface area (Å²) in [5, 5.41) is 0. The van der Waals surface area contributed by atoms with Crippen molar-refractivity contribution in [1.29, 1.82) is 0 Å². The number of amides is 1. The van der Waals surface area contributed by atoms with E-state index >= 15 is 0 Å². The van der Waals surface area contributed by atoms with Crippen molar-refractivity contribution in [2.24, 2.45) is 0 Å². The number of halogens is 1. The number of hydrogen-bond acceptors (Lipinski definition) is 4. The maximum atomic E-state index is 11.2. The van der Waals surface area contributed by atoms with Gasteiger partial charge >= 0.3 is 0 Å². The zero-order valence-electron chi connectivity index (χ0n) is 10.5. The summed E-state index contributed by atoms with van der Waals surface area (Å²) in [4.78, 5) is 21.6. The number of carbonyl (C=O) groups is 1. The lowest BCUT2D eigenvalue weighted by Crippen LogP contribution is -2.29. The minimum absolute atomic E-state index is 0.0228. The van der Waals surface area contributed by atoms with Crippen LogP contribution in [-0.2, 0) is 11.2 Å². The Kier molecular flexibility index (Phi) is 4.16. The van der Waals surface area contributed by atoms with Gasteiger partial charge in [-0.25, -0.2) is 9.97 Å². The molecule has 1 atom stereocenters. The maximum Gasteiger partial charge on any atom is 0.236 e. The Morgan fingerprint density at radius 2 is 2.44 bits per heavy atom. The molecule has 1 aromatic rings. The highest BCUT2D eigenvalue weighted by Gasteiger charge is 2.26. The van der Waals surface area contributed by atoms with Crippen molar-refractivity contribution >= 4 is 21.8 Å². The van der Waals surface area contributed by atoms with E-state index < -0.39 is 0 Å². The topological polar surface area (TPSA) is 55.3 Å². The average molecular weight is 314 g/mol. The summed E-state index contributed by atoms with van der Waals surface area (Å²) in [6.45, 7) is 4.99. The lowest BCUT2D eigenvalue weighted by molar-refractivity contribution is -0.128. The number of carbonyl (C=O) groups excluding carboxylic acids is 1. The molecule has 5 nitrogen and oxygen atoms in total. The van der Waals surface area contributed by atoms with Gasteiger partial charge in [0.25, 0.3) is 0 Å². The Bertz CT molecular complexity index is 453. The van der Waals surface area contributed by atoms with Crippen molar-refractivity contribution in [3.63, 3.8) is 0 Å². The fourth-order valence-corrected chi connectivity index (χ4v) is 2.31. The van der Waals surface area contributed by atoms with Crippen LogP contribution in [0.4, 0.5) is 0 Å². The highest BCUT2D eigenvalue weighted by Crippen LogP contribution is 2.21. The minimum Gasteiger partial charge on any atom is -0.471 e. The van der Waals surface area contributed by atoms with Gasteiger partial charge in [-0.15, -0.1) is 0 Å². The highest BCUT2D eigenvalue weighted by atomic mass is 79.9. The molecule has 0 saturated carbocycles. The number of likely N-dealkylation sites (tertiary alicyclic amines) is 1. The van der Waals surface area contributed by atoms with Crippen LogP contribution in [0.25, 0.3) is 0 Å². The Morgan fingerprint density at radius 1 is 1.67 bits per heavy atom. The Hall–Kier alpha value is -1.17. The number of nitrogens with zero attached hydrogens (tertiary/aromatic N) is 3. The number of aromatic nitrogens is 2. The molecule has 98 valence electrons. The summed E-state index contributed by atoms with van der Waals surface area (Å²) in [5.41, 5.74) is 0.839. The number of rotatable bonds is 3. The van der Waals surface area contributed by atoms with E-state index in [0.717, 1.165) is 25.1 Å². The summed E-state index contributed by atoms with van der Waals surface area (Å²) < 4.78 is 6.56. The first-order valence-corrected chi connectivity index (χ1v) is 6.83. The van der Waals surface area contributed by atoms with Crippen LogP contribution in [0.2, 0.25) is 0 Å². The minimum atomic E-state index is 0.0228. The molecule has 6 heteroatoms. The van der Waals surface area contributed by atoms with Crippen LogP contribution in [0.5, 0.6) is 5.88 Å². The van der Waals surface area contributed by atoms with E-state index in [0.29, 0.717) is 17.0 Å². The molecule has 0 aliphatic carbocycles. The standard InChI is InChI=1S/C12H16BrN3O2/c1-3-10-12(14-6-11(13)15-10)18-9-4-5-16(7-9)8(2)17/h6,9H,3-5,7H2,1-2H3. The zero-order valence-corrected chi connectivity index (χ0v) is 12.1. The van der Waals surface area contributed by atoms with Crippen LogP contribution in [0, 0.1) is 0 Å². The first-order valence-electron chi connectivity index (χ1n) is 6.03. The number of ether oxygens (including phenoxy) is 1. The second-order valence-corrected chi connectivity index (χ2v) is 5.10. The van der Waals surface area contributed by atoms with Crippen LogP contribution in [-0.4, -0.2) is 40.0 Å². The summed E-state index contributed by atoms with van der Waals surface area (Å²) in [6, 6.07) is 0. The number of aryl methyl sites for hydroxylation is 1. The van der Waals surface area contributed by atoms with Gasteiger partial charge in [0.2, 0.25) is 11.8 Å². The van der Waals surface area contributed by atoms with Crippen molar-refractivity contribution in [3.8, 4) is 5.88 Å². The molecule has 1 unspecified atom stereocenters. The van der Waals surface area contributed by atoms with Crippen molar-refractivity contribution in [2.45, 2.75) is 32.8 Å². The fraction of sp³-hybridized carbons (Fsp3) is 0.583. The monoisotopic (exact) mass is 313 g/mol. The molecular formula is C12H16BrN3O2. The fourth-order valence-electron chi connectivity index (χ4n) is 1.99. The molecule has 0 aromatic carbocycles. The molecule has 2 rings (SSSR count). The third-order valence-corrected chi connectivity index (χ3v) is 3.36. The lowest BCUT2D eigenvalue weighted by atomic mass is 10.3. The SMILES string of the molecule is CCc1nc(Br)cnc1OC1CCN(C(C)=O)C1. The number of hydrogen-bond donors (Lipinski definition) is 0. The van der Waals surface area contributed by atoms with Gasteiger partial charge in [-0.1, -0.05) is 6.92 Å². The van der Waals surface area contributed by atoms with Crippen LogP contribution >= 0.6 is 15.9 Å². The van der Waals surface area contributed by atoms with Gasteiger partial charge in [-0.05, 0) is 22.4 Å². The van der Waals surface area contributed by atoms with Gasteiger partial charge in [0, 0.05) is 19.9 Å². The van der Waals surface area contributed by atoms with Gasteiger partial charge in [0.05, 0.1) is 12.7 Å². The third kappa shape index (κ3) is 2.98. The summed E-state index contributed by atoms with van der Waals surface area (Å²) in [6.07, 6.45) is 3.27. The molecule has 1 fully saturated rings. The molecule has 2 heterocycles. The van der Waals surface area contributed by atoms with Crippen LogP contribution in [0.15, 0.2) is 10.8 Å². The van der Waals surface area contributed by atoms with Gasteiger partial charge in [0.15, 0.2) is 0 Å². The molecule has 0 bridgehead atoms. The second-order valence-electron chi connectivity index (χ2n) is 4.29. The van der Waals surface area contributed by atoms with E-state index in [1.54, 1.807) is 18.0 Å². The predicted octanol–water partition coefficient (Wildman–Crippen LogP) is 1.80. The van der Waals surface area contributed by atoms with E-state index in [9.17, 15) is 4.79 Å². The Morgan fingerprint density at radius 3 is 3.06 bits per heavy atom. The summed E-state index contributed by atoms with van der Waals surface area (Å²) >= 11 is 3.30. The average Bonchev–Trinajstić information content (AvgIpc) is 2.80. The van der Waals surface area contributed by atoms with E-state index in [1.807, 2.05) is 6.92 Å². The molecule has 1 aliphatic rings. The quantitative estimate of drug-likeness (QED) is 0.854. The molecule has 1 aromatic heterocycles. The second kappa shape index (κ2) is 5.65. The van der Waals surface area contributed by atoms with Crippen LogP contribution in [0.3, 0.4) is 0 Å². The van der Waals surface area contributed by atoms with Crippen molar-refractivity contribution < 1.29 is 9.53 Å². The highest BCUT2D eigenvalue weighted by molar-refractivity contribution is 9.10. The Balaban J connectivity index is 2.04. The summed E-state index contributed by atoms with van der Waals surface area (Å²) in [5.74, 6) is 0.676.